The zero-order valence-electron chi connectivity index (χ0n) is 15.6. The second kappa shape index (κ2) is 8.04. The van der Waals surface area contributed by atoms with Gasteiger partial charge >= 0.3 is 0 Å². The molecule has 0 aliphatic carbocycles. The lowest BCUT2D eigenvalue weighted by atomic mass is 10.1. The number of carbonyl (C=O) groups excluding carboxylic acids is 1. The van der Waals surface area contributed by atoms with Gasteiger partial charge in [0, 0.05) is 55.5 Å². The van der Waals surface area contributed by atoms with Crippen LogP contribution in [0.2, 0.25) is 0 Å². The summed E-state index contributed by atoms with van der Waals surface area (Å²) in [6, 6.07) is 8.24. The highest BCUT2D eigenvalue weighted by atomic mass is 79.9. The van der Waals surface area contributed by atoms with E-state index in [9.17, 15) is 4.79 Å². The maximum Gasteiger partial charge on any atom is 0.272 e. The zero-order chi connectivity index (χ0) is 18.8. The Bertz CT molecular complexity index is 791. The number of nitrogens with one attached hydrogen (secondary N) is 1. The summed E-state index contributed by atoms with van der Waals surface area (Å²) in [5.41, 5.74) is 3.87. The lowest BCUT2D eigenvalue weighted by Gasteiger charge is -2.34. The monoisotopic (exact) mass is 432 g/mol. The number of hydrogen-bond acceptors (Lipinski definition) is 4. The first-order valence-electron chi connectivity index (χ1n) is 9.41. The Balaban J connectivity index is 1.70. The van der Waals surface area contributed by atoms with Crippen molar-refractivity contribution in [1.29, 1.82) is 0 Å². The van der Waals surface area contributed by atoms with E-state index >= 15 is 0 Å². The summed E-state index contributed by atoms with van der Waals surface area (Å²) in [7, 11) is 2.10. The van der Waals surface area contributed by atoms with Gasteiger partial charge in [-0.1, -0.05) is 28.1 Å². The maximum absolute atomic E-state index is 13.3. The van der Waals surface area contributed by atoms with E-state index in [4.69, 9.17) is 4.74 Å². The minimum absolute atomic E-state index is 0.0907. The molecule has 2 saturated heterocycles. The highest BCUT2D eigenvalue weighted by Crippen LogP contribution is 2.36. The highest BCUT2D eigenvalue weighted by molar-refractivity contribution is 9.10. The van der Waals surface area contributed by atoms with Crippen molar-refractivity contribution in [2.75, 3.05) is 64.4 Å². The average Bonchev–Trinajstić information content (AvgIpc) is 3.14. The number of hydrogen-bond donors (Lipinski definition) is 1. The van der Waals surface area contributed by atoms with Crippen LogP contribution in [0.3, 0.4) is 0 Å². The van der Waals surface area contributed by atoms with Crippen LogP contribution in [0.4, 0.5) is 5.69 Å². The first kappa shape index (κ1) is 18.5. The summed E-state index contributed by atoms with van der Waals surface area (Å²) in [6.45, 7) is 6.34. The number of halogens is 1. The number of rotatable bonds is 3. The standard InChI is InChI=1S/C20H25BrN4O2/c1-23-6-8-25(9-7-23)20(26)18-19(24-10-12-27-13-11-24)17(14-22-18)15-2-4-16(21)5-3-15/h2-5,14,22H,6-13H2,1H3. The fraction of sp³-hybridized carbons (Fsp3) is 0.450. The quantitative estimate of drug-likeness (QED) is 0.809. The van der Waals surface area contributed by atoms with Crippen LogP contribution in [-0.4, -0.2) is 80.2 Å². The normalized spacial score (nSPS) is 18.7. The topological polar surface area (TPSA) is 51.8 Å². The molecule has 144 valence electrons. The van der Waals surface area contributed by atoms with Gasteiger partial charge in [0.2, 0.25) is 0 Å². The number of piperazine rings is 1. The van der Waals surface area contributed by atoms with E-state index in [1.807, 2.05) is 23.2 Å². The second-order valence-corrected chi connectivity index (χ2v) is 8.04. The number of nitrogens with zero attached hydrogens (tertiary/aromatic N) is 3. The Morgan fingerprint density at radius 2 is 1.70 bits per heavy atom. The molecule has 3 heterocycles. The Kier molecular flexibility index (Phi) is 5.52. The van der Waals surface area contributed by atoms with Gasteiger partial charge in [0.1, 0.15) is 5.69 Å². The van der Waals surface area contributed by atoms with Crippen molar-refractivity contribution in [3.05, 3.63) is 40.6 Å². The number of likely N-dealkylation sites (N-methyl/N-ethyl adjacent to an activating group) is 1. The molecule has 7 heteroatoms. The van der Waals surface area contributed by atoms with Crippen molar-refractivity contribution in [3.8, 4) is 11.1 Å². The summed E-state index contributed by atoms with van der Waals surface area (Å²) in [6.07, 6.45) is 1.97. The van der Waals surface area contributed by atoms with Crippen molar-refractivity contribution in [3.63, 3.8) is 0 Å². The van der Waals surface area contributed by atoms with Crippen LogP contribution >= 0.6 is 15.9 Å². The SMILES string of the molecule is CN1CCN(C(=O)c2[nH]cc(-c3ccc(Br)cc3)c2N2CCOCC2)CC1. The number of aromatic nitrogens is 1. The van der Waals surface area contributed by atoms with Crippen molar-refractivity contribution in [1.82, 2.24) is 14.8 Å². The molecule has 2 aliphatic heterocycles. The van der Waals surface area contributed by atoms with E-state index in [0.29, 0.717) is 18.9 Å². The molecule has 1 N–H and O–H groups in total. The van der Waals surface area contributed by atoms with Gasteiger partial charge in [-0.2, -0.15) is 0 Å². The number of anilines is 1. The third-order valence-electron chi connectivity index (χ3n) is 5.34. The number of benzene rings is 1. The van der Waals surface area contributed by atoms with Crippen LogP contribution < -0.4 is 4.90 Å². The van der Waals surface area contributed by atoms with E-state index in [0.717, 1.165) is 60.6 Å². The number of amides is 1. The molecular formula is C20H25BrN4O2. The van der Waals surface area contributed by atoms with Gasteiger partial charge in [-0.05, 0) is 24.7 Å². The van der Waals surface area contributed by atoms with Gasteiger partial charge < -0.3 is 24.4 Å². The molecule has 1 amide bonds. The first-order chi connectivity index (χ1) is 13.1. The Morgan fingerprint density at radius 3 is 2.37 bits per heavy atom. The van der Waals surface area contributed by atoms with E-state index in [2.05, 4.69) is 49.9 Å². The summed E-state index contributed by atoms with van der Waals surface area (Å²) < 4.78 is 6.57. The maximum atomic E-state index is 13.3. The van der Waals surface area contributed by atoms with Crippen LogP contribution in [-0.2, 0) is 4.74 Å². The number of ether oxygens (including phenoxy) is 1. The lowest BCUT2D eigenvalue weighted by molar-refractivity contribution is 0.0658. The third kappa shape index (κ3) is 3.90. The minimum atomic E-state index is 0.0907. The molecule has 2 aliphatic rings. The summed E-state index contributed by atoms with van der Waals surface area (Å²) in [5, 5.41) is 0. The van der Waals surface area contributed by atoms with Crippen molar-refractivity contribution in [2.45, 2.75) is 0 Å². The predicted octanol–water partition coefficient (Wildman–Crippen LogP) is 2.67. The van der Waals surface area contributed by atoms with Gasteiger partial charge in [-0.25, -0.2) is 0 Å². The molecule has 1 aromatic carbocycles. The molecule has 0 saturated carbocycles. The average molecular weight is 433 g/mol. The molecule has 2 aromatic rings. The molecular weight excluding hydrogens is 408 g/mol. The van der Waals surface area contributed by atoms with Crippen molar-refractivity contribution in [2.24, 2.45) is 0 Å². The third-order valence-corrected chi connectivity index (χ3v) is 5.87. The zero-order valence-corrected chi connectivity index (χ0v) is 17.2. The second-order valence-electron chi connectivity index (χ2n) is 7.13. The number of aromatic amines is 1. The molecule has 1 aromatic heterocycles. The number of morpholine rings is 1. The van der Waals surface area contributed by atoms with Gasteiger partial charge in [-0.3, -0.25) is 4.79 Å². The number of carbonyl (C=O) groups is 1. The van der Waals surface area contributed by atoms with E-state index in [1.165, 1.54) is 0 Å². The molecule has 6 nitrogen and oxygen atoms in total. The molecule has 27 heavy (non-hydrogen) atoms. The van der Waals surface area contributed by atoms with Crippen LogP contribution in [0, 0.1) is 0 Å². The Hall–Kier alpha value is -1.83. The summed E-state index contributed by atoms with van der Waals surface area (Å²) in [5.74, 6) is 0.0907. The minimum Gasteiger partial charge on any atom is -0.378 e. The fourth-order valence-electron chi connectivity index (χ4n) is 3.71. The van der Waals surface area contributed by atoms with Crippen LogP contribution in [0.1, 0.15) is 10.5 Å². The first-order valence-corrected chi connectivity index (χ1v) is 10.2. The molecule has 4 rings (SSSR count). The largest absolute Gasteiger partial charge is 0.378 e. The molecule has 0 radical (unpaired) electrons. The van der Waals surface area contributed by atoms with E-state index < -0.39 is 0 Å². The van der Waals surface area contributed by atoms with Gasteiger partial charge in [-0.15, -0.1) is 0 Å². The Morgan fingerprint density at radius 1 is 1.04 bits per heavy atom. The molecule has 0 bridgehead atoms. The van der Waals surface area contributed by atoms with E-state index in [-0.39, 0.29) is 5.91 Å². The van der Waals surface area contributed by atoms with Crippen LogP contribution in [0.15, 0.2) is 34.9 Å². The number of H-pyrrole nitrogens is 1. The van der Waals surface area contributed by atoms with E-state index in [1.54, 1.807) is 0 Å². The smallest absolute Gasteiger partial charge is 0.272 e. The van der Waals surface area contributed by atoms with Gasteiger partial charge in [0.25, 0.3) is 5.91 Å². The van der Waals surface area contributed by atoms with Crippen molar-refractivity contribution >= 4 is 27.5 Å². The van der Waals surface area contributed by atoms with Gasteiger partial charge in [0.05, 0.1) is 18.9 Å². The molecule has 2 fully saturated rings. The highest BCUT2D eigenvalue weighted by Gasteiger charge is 2.29. The van der Waals surface area contributed by atoms with Crippen LogP contribution in [0.25, 0.3) is 11.1 Å². The van der Waals surface area contributed by atoms with Crippen LogP contribution in [0.5, 0.6) is 0 Å². The van der Waals surface area contributed by atoms with Crippen molar-refractivity contribution < 1.29 is 9.53 Å². The molecule has 0 atom stereocenters. The summed E-state index contributed by atoms with van der Waals surface area (Å²) >= 11 is 3.50. The molecule has 0 spiro atoms. The predicted molar refractivity (Wildman–Crippen MR) is 110 cm³/mol. The molecule has 0 unspecified atom stereocenters. The fourth-order valence-corrected chi connectivity index (χ4v) is 3.98. The summed E-state index contributed by atoms with van der Waals surface area (Å²) in [4.78, 5) is 23.1. The van der Waals surface area contributed by atoms with Gasteiger partial charge in [0.15, 0.2) is 0 Å². The lowest BCUT2D eigenvalue weighted by Crippen LogP contribution is -2.47. The Labute approximate surface area is 168 Å².